The van der Waals surface area contributed by atoms with Crippen molar-refractivity contribution in [1.29, 1.82) is 0 Å². The lowest BCUT2D eigenvalue weighted by atomic mass is 9.99. The third-order valence-electron chi connectivity index (χ3n) is 4.59. The van der Waals surface area contributed by atoms with Crippen LogP contribution in [-0.4, -0.2) is 35.5 Å². The van der Waals surface area contributed by atoms with E-state index in [4.69, 9.17) is 0 Å². The largest absolute Gasteiger partial charge is 0.396 e. The number of hydrogen-bond acceptors (Lipinski definition) is 3. The summed E-state index contributed by atoms with van der Waals surface area (Å²) < 4.78 is 0. The van der Waals surface area contributed by atoms with Crippen LogP contribution in [0.1, 0.15) is 51.4 Å². The first-order valence-electron chi connectivity index (χ1n) is 7.32. The summed E-state index contributed by atoms with van der Waals surface area (Å²) in [6.45, 7) is 0.994. The summed E-state index contributed by atoms with van der Waals surface area (Å²) in [5, 5.41) is 22.7. The van der Waals surface area contributed by atoms with Crippen LogP contribution in [0.25, 0.3) is 0 Å². The highest BCUT2D eigenvalue weighted by Crippen LogP contribution is 2.29. The molecule has 2 saturated carbocycles. The predicted octanol–water partition coefficient (Wildman–Crippen LogP) is 1.68. The molecular formula is C14H27NO2. The fourth-order valence-corrected chi connectivity index (χ4v) is 3.53. The van der Waals surface area contributed by atoms with Crippen molar-refractivity contribution in [2.75, 3.05) is 13.2 Å². The van der Waals surface area contributed by atoms with Crippen molar-refractivity contribution in [3.8, 4) is 0 Å². The van der Waals surface area contributed by atoms with E-state index in [0.717, 1.165) is 25.2 Å². The molecule has 0 aromatic carbocycles. The third kappa shape index (κ3) is 3.94. The fourth-order valence-electron chi connectivity index (χ4n) is 3.53. The van der Waals surface area contributed by atoms with Gasteiger partial charge in [-0.15, -0.1) is 0 Å². The van der Waals surface area contributed by atoms with E-state index in [2.05, 4.69) is 5.32 Å². The molecular weight excluding hydrogens is 214 g/mol. The average Bonchev–Trinajstić information content (AvgIpc) is 2.96. The average molecular weight is 241 g/mol. The maximum atomic E-state index is 10.0. The minimum atomic E-state index is -0.196. The van der Waals surface area contributed by atoms with Gasteiger partial charge in [-0.2, -0.15) is 0 Å². The topological polar surface area (TPSA) is 52.5 Å². The van der Waals surface area contributed by atoms with Crippen molar-refractivity contribution in [1.82, 2.24) is 5.32 Å². The van der Waals surface area contributed by atoms with E-state index in [0.29, 0.717) is 18.5 Å². The first kappa shape index (κ1) is 13.3. The SMILES string of the molecule is OCC1CCCC1NCC(O)CC1CCCC1. The van der Waals surface area contributed by atoms with E-state index >= 15 is 0 Å². The standard InChI is InChI=1S/C14H27NO2/c16-10-12-6-3-7-14(12)15-9-13(17)8-11-4-1-2-5-11/h11-17H,1-10H2. The van der Waals surface area contributed by atoms with Crippen molar-refractivity contribution in [3.05, 3.63) is 0 Å². The van der Waals surface area contributed by atoms with Gasteiger partial charge in [0.1, 0.15) is 0 Å². The van der Waals surface area contributed by atoms with Gasteiger partial charge in [-0.05, 0) is 31.1 Å². The zero-order valence-corrected chi connectivity index (χ0v) is 10.8. The maximum Gasteiger partial charge on any atom is 0.0667 e. The van der Waals surface area contributed by atoms with Gasteiger partial charge in [-0.25, -0.2) is 0 Å². The van der Waals surface area contributed by atoms with Crippen LogP contribution in [0.4, 0.5) is 0 Å². The molecule has 0 aromatic heterocycles. The minimum absolute atomic E-state index is 0.196. The summed E-state index contributed by atoms with van der Waals surface area (Å²) in [6.07, 6.45) is 9.57. The quantitative estimate of drug-likeness (QED) is 0.663. The van der Waals surface area contributed by atoms with Gasteiger partial charge in [0, 0.05) is 19.2 Å². The van der Waals surface area contributed by atoms with E-state index in [1.165, 1.54) is 32.1 Å². The number of nitrogens with one attached hydrogen (secondary N) is 1. The molecule has 2 aliphatic carbocycles. The molecule has 0 radical (unpaired) electrons. The smallest absolute Gasteiger partial charge is 0.0667 e. The van der Waals surface area contributed by atoms with Gasteiger partial charge in [0.25, 0.3) is 0 Å². The van der Waals surface area contributed by atoms with E-state index in [-0.39, 0.29) is 12.7 Å². The maximum absolute atomic E-state index is 10.0. The Balaban J connectivity index is 1.63. The van der Waals surface area contributed by atoms with Crippen molar-refractivity contribution < 1.29 is 10.2 Å². The Kier molecular flexibility index (Phi) is 5.26. The summed E-state index contributed by atoms with van der Waals surface area (Å²) in [7, 11) is 0. The lowest BCUT2D eigenvalue weighted by Crippen LogP contribution is -2.39. The number of aliphatic hydroxyl groups excluding tert-OH is 2. The van der Waals surface area contributed by atoms with Crippen molar-refractivity contribution >= 4 is 0 Å². The highest BCUT2D eigenvalue weighted by Gasteiger charge is 2.27. The molecule has 0 bridgehead atoms. The van der Waals surface area contributed by atoms with Crippen molar-refractivity contribution in [2.24, 2.45) is 11.8 Å². The molecule has 2 fully saturated rings. The van der Waals surface area contributed by atoms with Crippen LogP contribution in [0, 0.1) is 11.8 Å². The molecule has 0 heterocycles. The number of hydrogen-bond donors (Lipinski definition) is 3. The van der Waals surface area contributed by atoms with Gasteiger partial charge in [-0.1, -0.05) is 32.1 Å². The van der Waals surface area contributed by atoms with Crippen LogP contribution in [0.15, 0.2) is 0 Å². The Morgan fingerprint density at radius 1 is 1.06 bits per heavy atom. The molecule has 2 aliphatic rings. The summed E-state index contributed by atoms with van der Waals surface area (Å²) in [5.41, 5.74) is 0. The zero-order chi connectivity index (χ0) is 12.1. The Morgan fingerprint density at radius 3 is 2.53 bits per heavy atom. The summed E-state index contributed by atoms with van der Waals surface area (Å²) >= 11 is 0. The molecule has 2 rings (SSSR count). The van der Waals surface area contributed by atoms with Crippen LogP contribution >= 0.6 is 0 Å². The molecule has 0 spiro atoms. The second kappa shape index (κ2) is 6.72. The molecule has 3 heteroatoms. The van der Waals surface area contributed by atoms with E-state index < -0.39 is 0 Å². The van der Waals surface area contributed by atoms with Crippen LogP contribution < -0.4 is 5.32 Å². The molecule has 100 valence electrons. The minimum Gasteiger partial charge on any atom is -0.396 e. The lowest BCUT2D eigenvalue weighted by molar-refractivity contribution is 0.129. The Labute approximate surface area is 105 Å². The molecule has 0 amide bonds. The third-order valence-corrected chi connectivity index (χ3v) is 4.59. The summed E-state index contributed by atoms with van der Waals surface area (Å²) in [4.78, 5) is 0. The van der Waals surface area contributed by atoms with Crippen LogP contribution in [0.3, 0.4) is 0 Å². The molecule has 3 unspecified atom stereocenters. The number of rotatable bonds is 6. The second-order valence-corrected chi connectivity index (χ2v) is 5.93. The lowest BCUT2D eigenvalue weighted by Gasteiger charge is -2.22. The van der Waals surface area contributed by atoms with Gasteiger partial charge in [-0.3, -0.25) is 0 Å². The molecule has 0 saturated heterocycles. The van der Waals surface area contributed by atoms with Crippen molar-refractivity contribution in [2.45, 2.75) is 63.5 Å². The first-order chi connectivity index (χ1) is 8.29. The van der Waals surface area contributed by atoms with Gasteiger partial charge >= 0.3 is 0 Å². The second-order valence-electron chi connectivity index (χ2n) is 5.93. The molecule has 3 atom stereocenters. The van der Waals surface area contributed by atoms with Gasteiger partial charge in [0.15, 0.2) is 0 Å². The molecule has 3 N–H and O–H groups in total. The molecule has 3 nitrogen and oxygen atoms in total. The monoisotopic (exact) mass is 241 g/mol. The van der Waals surface area contributed by atoms with Gasteiger partial charge in [0.2, 0.25) is 0 Å². The fraction of sp³-hybridized carbons (Fsp3) is 1.00. The highest BCUT2D eigenvalue weighted by atomic mass is 16.3. The van der Waals surface area contributed by atoms with Crippen LogP contribution in [0.5, 0.6) is 0 Å². The normalized spacial score (nSPS) is 32.1. The van der Waals surface area contributed by atoms with E-state index in [1.54, 1.807) is 0 Å². The number of aliphatic hydroxyl groups is 2. The predicted molar refractivity (Wildman–Crippen MR) is 68.8 cm³/mol. The summed E-state index contributed by atoms with van der Waals surface area (Å²) in [6, 6.07) is 0.429. The first-order valence-corrected chi connectivity index (χ1v) is 7.32. The zero-order valence-electron chi connectivity index (χ0n) is 10.8. The van der Waals surface area contributed by atoms with Gasteiger partial charge < -0.3 is 15.5 Å². The molecule has 0 aliphatic heterocycles. The van der Waals surface area contributed by atoms with Crippen molar-refractivity contribution in [3.63, 3.8) is 0 Å². The van der Waals surface area contributed by atoms with Crippen LogP contribution in [-0.2, 0) is 0 Å². The summed E-state index contributed by atoms with van der Waals surface area (Å²) in [5.74, 6) is 1.16. The molecule has 17 heavy (non-hydrogen) atoms. The Bertz CT molecular complexity index is 216. The molecule has 0 aromatic rings. The van der Waals surface area contributed by atoms with E-state index in [1.807, 2.05) is 0 Å². The Morgan fingerprint density at radius 2 is 1.82 bits per heavy atom. The highest BCUT2D eigenvalue weighted by molar-refractivity contribution is 4.83. The van der Waals surface area contributed by atoms with Crippen LogP contribution in [0.2, 0.25) is 0 Å². The Hall–Kier alpha value is -0.120. The van der Waals surface area contributed by atoms with E-state index in [9.17, 15) is 10.2 Å². The van der Waals surface area contributed by atoms with Gasteiger partial charge in [0.05, 0.1) is 6.10 Å².